The van der Waals surface area contributed by atoms with Crippen LogP contribution in [0.2, 0.25) is 0 Å². The Morgan fingerprint density at radius 1 is 1.26 bits per heavy atom. The van der Waals surface area contributed by atoms with E-state index in [9.17, 15) is 13.9 Å². The van der Waals surface area contributed by atoms with Crippen molar-refractivity contribution in [3.8, 4) is 6.07 Å². The maximum atomic E-state index is 13.6. The summed E-state index contributed by atoms with van der Waals surface area (Å²) in [5, 5.41) is 20.6. The van der Waals surface area contributed by atoms with Crippen molar-refractivity contribution in [1.29, 1.82) is 5.26 Å². The molecule has 1 saturated carbocycles. The number of nitrogens with zero attached hydrogens (tertiary/aromatic N) is 1. The number of rotatable bonds is 4. The molecular weight excluding hydrogens is 250 g/mol. The molecule has 2 rings (SSSR count). The van der Waals surface area contributed by atoms with Crippen molar-refractivity contribution in [1.82, 2.24) is 0 Å². The van der Waals surface area contributed by atoms with Crippen LogP contribution in [0.4, 0.5) is 14.5 Å². The van der Waals surface area contributed by atoms with E-state index in [0.717, 1.165) is 31.4 Å². The number of aliphatic hydroxyl groups excluding tert-OH is 1. The van der Waals surface area contributed by atoms with Gasteiger partial charge in [-0.3, -0.25) is 0 Å². The topological polar surface area (TPSA) is 56.0 Å². The van der Waals surface area contributed by atoms with Crippen molar-refractivity contribution in [3.63, 3.8) is 0 Å². The van der Waals surface area contributed by atoms with Gasteiger partial charge in [-0.2, -0.15) is 5.26 Å². The first-order valence-corrected chi connectivity index (χ1v) is 6.39. The Morgan fingerprint density at radius 3 is 2.47 bits per heavy atom. The Hall–Kier alpha value is -1.67. The maximum absolute atomic E-state index is 13.6. The maximum Gasteiger partial charge on any atom is 0.150 e. The molecule has 2 N–H and O–H groups in total. The lowest BCUT2D eigenvalue weighted by atomic mass is 9.97. The van der Waals surface area contributed by atoms with Gasteiger partial charge in [-0.15, -0.1) is 0 Å². The molecule has 19 heavy (non-hydrogen) atoms. The Labute approximate surface area is 110 Å². The van der Waals surface area contributed by atoms with E-state index in [1.165, 1.54) is 0 Å². The zero-order valence-corrected chi connectivity index (χ0v) is 10.5. The highest BCUT2D eigenvalue weighted by Gasteiger charge is 2.26. The molecule has 102 valence electrons. The number of anilines is 1. The quantitative estimate of drug-likeness (QED) is 0.881. The van der Waals surface area contributed by atoms with Crippen LogP contribution < -0.4 is 5.32 Å². The summed E-state index contributed by atoms with van der Waals surface area (Å²) in [6.07, 6.45) is 2.95. The summed E-state index contributed by atoms with van der Waals surface area (Å²) in [6, 6.07) is 3.74. The highest BCUT2D eigenvalue weighted by Crippen LogP contribution is 2.32. The second kappa shape index (κ2) is 5.98. The van der Waals surface area contributed by atoms with Crippen LogP contribution >= 0.6 is 0 Å². The first kappa shape index (κ1) is 13.8. The van der Waals surface area contributed by atoms with Crippen molar-refractivity contribution in [3.05, 3.63) is 29.3 Å². The van der Waals surface area contributed by atoms with Gasteiger partial charge < -0.3 is 10.4 Å². The minimum absolute atomic E-state index is 0.0327. The van der Waals surface area contributed by atoms with E-state index in [0.29, 0.717) is 6.54 Å². The van der Waals surface area contributed by atoms with Gasteiger partial charge in [-0.05, 0) is 36.8 Å². The van der Waals surface area contributed by atoms with Crippen molar-refractivity contribution >= 4 is 5.69 Å². The van der Waals surface area contributed by atoms with Gasteiger partial charge in [-0.25, -0.2) is 8.78 Å². The summed E-state index contributed by atoms with van der Waals surface area (Å²) in [6.45, 7) is 0.551. The summed E-state index contributed by atoms with van der Waals surface area (Å²) in [5.74, 6) is -1.07. The number of benzene rings is 1. The Morgan fingerprint density at radius 2 is 1.89 bits per heavy atom. The third-order valence-corrected chi connectivity index (χ3v) is 3.76. The predicted molar refractivity (Wildman–Crippen MR) is 67.5 cm³/mol. The molecule has 1 aliphatic rings. The highest BCUT2D eigenvalue weighted by atomic mass is 19.1. The van der Waals surface area contributed by atoms with Gasteiger partial charge in [0, 0.05) is 13.2 Å². The van der Waals surface area contributed by atoms with Gasteiger partial charge >= 0.3 is 0 Å². The number of aliphatic hydroxyl groups is 1. The van der Waals surface area contributed by atoms with E-state index in [1.807, 2.05) is 0 Å². The largest absolute Gasteiger partial charge is 0.396 e. The number of halogens is 2. The molecule has 1 aliphatic carbocycles. The van der Waals surface area contributed by atoms with Crippen LogP contribution in [0.1, 0.15) is 24.8 Å². The molecule has 2 unspecified atom stereocenters. The molecule has 0 spiro atoms. The fraction of sp³-hybridized carbons (Fsp3) is 0.500. The molecule has 0 radical (unpaired) electrons. The SMILES string of the molecule is N#Cc1cc(F)c(NCC2CCCC2CO)c(F)c1. The van der Waals surface area contributed by atoms with Gasteiger partial charge in [0.05, 0.1) is 11.6 Å². The Bertz CT molecular complexity index is 476. The summed E-state index contributed by atoms with van der Waals surface area (Å²) in [4.78, 5) is 0. The van der Waals surface area contributed by atoms with Crippen LogP contribution in [0.3, 0.4) is 0 Å². The first-order valence-electron chi connectivity index (χ1n) is 6.39. The van der Waals surface area contributed by atoms with Gasteiger partial charge in [0.2, 0.25) is 0 Å². The van der Waals surface area contributed by atoms with Crippen molar-refractivity contribution < 1.29 is 13.9 Å². The third-order valence-electron chi connectivity index (χ3n) is 3.76. The molecule has 0 aliphatic heterocycles. The fourth-order valence-electron chi connectivity index (χ4n) is 2.66. The molecule has 5 heteroatoms. The normalized spacial score (nSPS) is 22.2. The van der Waals surface area contributed by atoms with Crippen LogP contribution in [-0.4, -0.2) is 18.3 Å². The van der Waals surface area contributed by atoms with E-state index < -0.39 is 11.6 Å². The number of nitrogens with one attached hydrogen (secondary N) is 1. The van der Waals surface area contributed by atoms with Gasteiger partial charge in [0.1, 0.15) is 5.69 Å². The standard InChI is InChI=1S/C14H16F2N2O/c15-12-4-9(6-17)5-13(16)14(12)18-7-10-2-1-3-11(10)8-19/h4-5,10-11,18-19H,1-3,7-8H2. The molecule has 0 bridgehead atoms. The van der Waals surface area contributed by atoms with Crippen molar-refractivity contribution in [2.75, 3.05) is 18.5 Å². The monoisotopic (exact) mass is 266 g/mol. The van der Waals surface area contributed by atoms with E-state index in [-0.39, 0.29) is 29.7 Å². The molecule has 3 nitrogen and oxygen atoms in total. The molecule has 0 heterocycles. The van der Waals surface area contributed by atoms with Crippen LogP contribution in [0.25, 0.3) is 0 Å². The molecule has 1 fully saturated rings. The summed E-state index contributed by atoms with van der Waals surface area (Å²) >= 11 is 0. The fourth-order valence-corrected chi connectivity index (χ4v) is 2.66. The number of hydrogen-bond acceptors (Lipinski definition) is 3. The zero-order chi connectivity index (χ0) is 13.8. The smallest absolute Gasteiger partial charge is 0.150 e. The molecule has 0 aromatic heterocycles. The second-order valence-electron chi connectivity index (χ2n) is 4.94. The average Bonchev–Trinajstić information content (AvgIpc) is 2.85. The predicted octanol–water partition coefficient (Wildman–Crippen LogP) is 2.66. The second-order valence-corrected chi connectivity index (χ2v) is 4.94. The van der Waals surface area contributed by atoms with Crippen molar-refractivity contribution in [2.45, 2.75) is 19.3 Å². The van der Waals surface area contributed by atoms with Crippen LogP contribution in [0.5, 0.6) is 0 Å². The van der Waals surface area contributed by atoms with Gasteiger partial charge in [0.15, 0.2) is 11.6 Å². The summed E-state index contributed by atoms with van der Waals surface area (Å²) in [7, 11) is 0. The highest BCUT2D eigenvalue weighted by molar-refractivity contribution is 5.50. The first-order chi connectivity index (χ1) is 9.15. The van der Waals surface area contributed by atoms with Crippen LogP contribution in [0, 0.1) is 34.8 Å². The van der Waals surface area contributed by atoms with Crippen molar-refractivity contribution in [2.24, 2.45) is 11.8 Å². The van der Waals surface area contributed by atoms with Crippen LogP contribution in [-0.2, 0) is 0 Å². The van der Waals surface area contributed by atoms with E-state index in [1.54, 1.807) is 6.07 Å². The lowest BCUT2D eigenvalue weighted by molar-refractivity contribution is 0.199. The number of hydrogen-bond donors (Lipinski definition) is 2. The lowest BCUT2D eigenvalue weighted by Gasteiger charge is -2.19. The summed E-state index contributed by atoms with van der Waals surface area (Å²) < 4.78 is 27.3. The minimum Gasteiger partial charge on any atom is -0.396 e. The molecule has 1 aromatic rings. The lowest BCUT2D eigenvalue weighted by Crippen LogP contribution is -2.21. The Balaban J connectivity index is 2.06. The van der Waals surface area contributed by atoms with E-state index in [2.05, 4.69) is 5.32 Å². The van der Waals surface area contributed by atoms with E-state index >= 15 is 0 Å². The minimum atomic E-state index is -0.755. The molecular formula is C14H16F2N2O. The third kappa shape index (κ3) is 3.02. The zero-order valence-electron chi connectivity index (χ0n) is 10.5. The Kier molecular flexibility index (Phi) is 4.33. The average molecular weight is 266 g/mol. The molecule has 0 amide bonds. The van der Waals surface area contributed by atoms with Gasteiger partial charge in [-0.1, -0.05) is 6.42 Å². The van der Waals surface area contributed by atoms with Crippen LogP contribution in [0.15, 0.2) is 12.1 Å². The molecule has 1 aromatic carbocycles. The van der Waals surface area contributed by atoms with E-state index in [4.69, 9.17) is 5.26 Å². The van der Waals surface area contributed by atoms with Gasteiger partial charge in [0.25, 0.3) is 0 Å². The molecule has 0 saturated heterocycles. The molecule has 2 atom stereocenters. The summed E-state index contributed by atoms with van der Waals surface area (Å²) in [5.41, 5.74) is -0.225. The number of nitriles is 1.